The van der Waals surface area contributed by atoms with Gasteiger partial charge in [-0.1, -0.05) is 36.8 Å². The van der Waals surface area contributed by atoms with Crippen LogP contribution >= 0.6 is 0 Å². The van der Waals surface area contributed by atoms with Gasteiger partial charge in [0.05, 0.1) is 0 Å². The fraction of sp³-hybridized carbons (Fsp3) is 0.238. The first kappa shape index (κ1) is 16.8. The van der Waals surface area contributed by atoms with Crippen LogP contribution in [0.2, 0.25) is 0 Å². The van der Waals surface area contributed by atoms with Crippen LogP contribution in [0.3, 0.4) is 0 Å². The Hall–Kier alpha value is -3.06. The smallest absolute Gasteiger partial charge is 0.190 e. The first-order valence-electron chi connectivity index (χ1n) is 8.35. The number of aromatic nitrogens is 1. The summed E-state index contributed by atoms with van der Waals surface area (Å²) in [5.74, 6) is 6.72. The quantitative estimate of drug-likeness (QED) is 0.501. The van der Waals surface area contributed by atoms with Crippen molar-refractivity contribution in [1.82, 2.24) is 4.98 Å². The molecule has 2 aromatic rings. The van der Waals surface area contributed by atoms with E-state index in [2.05, 4.69) is 58.7 Å². The summed E-state index contributed by atoms with van der Waals surface area (Å²) in [5.41, 5.74) is 16.1. The SMILES string of the molecule is C=C(N=C(N)N)[C@H](c1cccc(-c2cncc(C#CC)c2)c1)C1CC1. The van der Waals surface area contributed by atoms with Crippen molar-refractivity contribution in [3.63, 3.8) is 0 Å². The Balaban J connectivity index is 1.97. The number of nitrogens with two attached hydrogens (primary N) is 2. The predicted octanol–water partition coefficient (Wildman–Crippen LogP) is 3.40. The Kier molecular flexibility index (Phi) is 4.85. The standard InChI is InChI=1S/C21H22N4/c1-3-5-15-10-19(13-24-12-15)17-6-4-7-18(11-17)20(16-8-9-16)14(2)25-21(22)23/h4,6-7,10-13,16,20H,2,8-9H2,1H3,(H4,22,23,25)/t20-/m0/s1. The number of aliphatic imine (C=N–C) groups is 1. The number of pyridine rings is 1. The summed E-state index contributed by atoms with van der Waals surface area (Å²) in [4.78, 5) is 8.50. The molecule has 0 radical (unpaired) electrons. The normalized spacial score (nSPS) is 14.1. The van der Waals surface area contributed by atoms with Gasteiger partial charge in [0.2, 0.25) is 0 Å². The van der Waals surface area contributed by atoms with Gasteiger partial charge in [0.25, 0.3) is 0 Å². The molecule has 1 aliphatic rings. The highest BCUT2D eigenvalue weighted by Crippen LogP contribution is 2.46. The second-order valence-corrected chi connectivity index (χ2v) is 6.31. The maximum absolute atomic E-state index is 5.54. The lowest BCUT2D eigenvalue weighted by Gasteiger charge is -2.18. The number of hydrogen-bond donors (Lipinski definition) is 2. The highest BCUT2D eigenvalue weighted by molar-refractivity contribution is 5.77. The Morgan fingerprint density at radius 1 is 1.24 bits per heavy atom. The fourth-order valence-corrected chi connectivity index (χ4v) is 3.12. The van der Waals surface area contributed by atoms with Crippen molar-refractivity contribution >= 4 is 5.96 Å². The minimum Gasteiger partial charge on any atom is -0.370 e. The van der Waals surface area contributed by atoms with Crippen molar-refractivity contribution in [2.45, 2.75) is 25.7 Å². The molecule has 4 heteroatoms. The number of rotatable bonds is 5. The summed E-state index contributed by atoms with van der Waals surface area (Å²) in [6, 6.07) is 10.5. The molecule has 1 aromatic heterocycles. The van der Waals surface area contributed by atoms with Crippen molar-refractivity contribution < 1.29 is 0 Å². The molecule has 4 nitrogen and oxygen atoms in total. The van der Waals surface area contributed by atoms with Gasteiger partial charge < -0.3 is 11.5 Å². The molecule has 0 spiro atoms. The van der Waals surface area contributed by atoms with Gasteiger partial charge in [-0.05, 0) is 42.9 Å². The summed E-state index contributed by atoms with van der Waals surface area (Å²) in [6.45, 7) is 5.92. The lowest BCUT2D eigenvalue weighted by Crippen LogP contribution is -2.23. The van der Waals surface area contributed by atoms with Crippen molar-refractivity contribution in [3.05, 3.63) is 66.1 Å². The number of allylic oxidation sites excluding steroid dienone is 1. The molecule has 0 aliphatic heterocycles. The van der Waals surface area contributed by atoms with E-state index in [9.17, 15) is 0 Å². The first-order valence-corrected chi connectivity index (χ1v) is 8.35. The van der Waals surface area contributed by atoms with Gasteiger partial charge in [0.15, 0.2) is 5.96 Å². The zero-order valence-electron chi connectivity index (χ0n) is 14.4. The number of hydrogen-bond acceptors (Lipinski definition) is 2. The lowest BCUT2D eigenvalue weighted by molar-refractivity contribution is 0.685. The minimum atomic E-state index is 0.0573. The average Bonchev–Trinajstić information content (AvgIpc) is 3.40. The third-order valence-corrected chi connectivity index (χ3v) is 4.31. The molecule has 126 valence electrons. The maximum Gasteiger partial charge on any atom is 0.190 e. The Bertz CT molecular complexity index is 878. The van der Waals surface area contributed by atoms with E-state index < -0.39 is 0 Å². The molecule has 0 saturated heterocycles. The van der Waals surface area contributed by atoms with Crippen molar-refractivity contribution in [2.75, 3.05) is 0 Å². The molecule has 1 saturated carbocycles. The average molecular weight is 330 g/mol. The first-order chi connectivity index (χ1) is 12.1. The molecule has 25 heavy (non-hydrogen) atoms. The molecule has 1 heterocycles. The maximum atomic E-state index is 5.54. The largest absolute Gasteiger partial charge is 0.370 e. The van der Waals surface area contributed by atoms with Crippen LogP contribution in [0.15, 0.2) is 60.0 Å². The van der Waals surface area contributed by atoms with E-state index in [1.54, 1.807) is 6.20 Å². The van der Waals surface area contributed by atoms with Crippen LogP contribution in [0.5, 0.6) is 0 Å². The molecule has 1 aromatic carbocycles. The van der Waals surface area contributed by atoms with Crippen molar-refractivity contribution in [2.24, 2.45) is 22.4 Å². The molecular weight excluding hydrogens is 308 g/mol. The molecule has 0 amide bonds. The van der Waals surface area contributed by atoms with Crippen molar-refractivity contribution in [1.29, 1.82) is 0 Å². The van der Waals surface area contributed by atoms with Gasteiger partial charge >= 0.3 is 0 Å². The van der Waals surface area contributed by atoms with Crippen LogP contribution in [0.25, 0.3) is 11.1 Å². The highest BCUT2D eigenvalue weighted by Gasteiger charge is 2.34. The number of guanidine groups is 1. The fourth-order valence-electron chi connectivity index (χ4n) is 3.12. The van der Waals surface area contributed by atoms with E-state index in [-0.39, 0.29) is 11.9 Å². The molecule has 1 atom stereocenters. The minimum absolute atomic E-state index is 0.0573. The molecule has 1 fully saturated rings. The van der Waals surface area contributed by atoms with Crippen LogP contribution in [-0.4, -0.2) is 10.9 Å². The van der Waals surface area contributed by atoms with Gasteiger partial charge in [-0.25, -0.2) is 4.99 Å². The third-order valence-electron chi connectivity index (χ3n) is 4.31. The zero-order chi connectivity index (χ0) is 17.8. The molecule has 1 aliphatic carbocycles. The van der Waals surface area contributed by atoms with E-state index in [1.807, 2.05) is 13.1 Å². The predicted molar refractivity (Wildman–Crippen MR) is 103 cm³/mol. The molecule has 3 rings (SSSR count). The topological polar surface area (TPSA) is 77.3 Å². The van der Waals surface area contributed by atoms with Crippen LogP contribution in [0, 0.1) is 17.8 Å². The Morgan fingerprint density at radius 2 is 2.04 bits per heavy atom. The van der Waals surface area contributed by atoms with Crippen LogP contribution < -0.4 is 11.5 Å². The van der Waals surface area contributed by atoms with Crippen LogP contribution in [-0.2, 0) is 0 Å². The van der Waals surface area contributed by atoms with Gasteiger partial charge in [-0.15, -0.1) is 5.92 Å². The summed E-state index contributed by atoms with van der Waals surface area (Å²) in [6.07, 6.45) is 5.99. The van der Waals surface area contributed by atoms with E-state index in [4.69, 9.17) is 11.5 Å². The number of benzene rings is 1. The Morgan fingerprint density at radius 3 is 2.72 bits per heavy atom. The second kappa shape index (κ2) is 7.23. The zero-order valence-corrected chi connectivity index (χ0v) is 14.4. The van der Waals surface area contributed by atoms with Crippen LogP contribution in [0.4, 0.5) is 0 Å². The molecule has 4 N–H and O–H groups in total. The van der Waals surface area contributed by atoms with Crippen LogP contribution in [0.1, 0.15) is 36.8 Å². The monoisotopic (exact) mass is 330 g/mol. The summed E-state index contributed by atoms with van der Waals surface area (Å²) < 4.78 is 0. The van der Waals surface area contributed by atoms with E-state index in [0.717, 1.165) is 22.4 Å². The third kappa shape index (κ3) is 4.07. The highest BCUT2D eigenvalue weighted by atomic mass is 15.0. The van der Waals surface area contributed by atoms with E-state index >= 15 is 0 Å². The summed E-state index contributed by atoms with van der Waals surface area (Å²) >= 11 is 0. The van der Waals surface area contributed by atoms with Crippen molar-refractivity contribution in [3.8, 4) is 23.0 Å². The second-order valence-electron chi connectivity index (χ2n) is 6.31. The van der Waals surface area contributed by atoms with Gasteiger partial charge in [-0.2, -0.15) is 0 Å². The lowest BCUT2D eigenvalue weighted by atomic mass is 9.89. The molecular formula is C21H22N4. The molecule has 0 unspecified atom stereocenters. The van der Waals surface area contributed by atoms with Gasteiger partial charge in [0.1, 0.15) is 0 Å². The number of nitrogens with zero attached hydrogens (tertiary/aromatic N) is 2. The van der Waals surface area contributed by atoms with Gasteiger partial charge in [0, 0.05) is 35.1 Å². The van der Waals surface area contributed by atoms with Gasteiger partial charge in [-0.3, -0.25) is 4.98 Å². The van der Waals surface area contributed by atoms with E-state index in [0.29, 0.717) is 5.92 Å². The van der Waals surface area contributed by atoms with E-state index in [1.165, 1.54) is 18.4 Å². The summed E-state index contributed by atoms with van der Waals surface area (Å²) in [5, 5.41) is 0. The summed E-state index contributed by atoms with van der Waals surface area (Å²) in [7, 11) is 0. The molecule has 0 bridgehead atoms. The Labute approximate surface area is 148 Å².